The summed E-state index contributed by atoms with van der Waals surface area (Å²) in [6, 6.07) is 7.58. The van der Waals surface area contributed by atoms with Crippen LogP contribution in [0.1, 0.15) is 38.2 Å². The first kappa shape index (κ1) is 11.6. The molecule has 1 heterocycles. The smallest absolute Gasteiger partial charge is 0.123 e. The third-order valence-electron chi connectivity index (χ3n) is 3.35. The minimum Gasteiger partial charge on any atom is -0.313 e. The molecule has 2 unspecified atom stereocenters. The van der Waals surface area contributed by atoms with Crippen LogP contribution in [0.3, 0.4) is 0 Å². The number of rotatable bonds is 3. The highest BCUT2D eigenvalue weighted by atomic mass is 19.1. The molecule has 1 aliphatic rings. The van der Waals surface area contributed by atoms with Gasteiger partial charge in [-0.15, -0.1) is 0 Å². The molecule has 0 aliphatic carbocycles. The van der Waals surface area contributed by atoms with Crippen molar-refractivity contribution in [3.8, 4) is 0 Å². The van der Waals surface area contributed by atoms with Crippen molar-refractivity contribution in [2.24, 2.45) is 5.92 Å². The lowest BCUT2D eigenvalue weighted by molar-refractivity contribution is 0.433. The SMILES string of the molecule is CC(C)CC1NCCC1c1cccc(F)c1. The number of benzene rings is 1. The first-order valence-electron chi connectivity index (χ1n) is 6.15. The summed E-state index contributed by atoms with van der Waals surface area (Å²) in [5.74, 6) is 1.05. The molecule has 1 aliphatic heterocycles. The predicted molar refractivity (Wildman–Crippen MR) is 65.0 cm³/mol. The fourth-order valence-electron chi connectivity index (χ4n) is 2.66. The average molecular weight is 221 g/mol. The molecule has 0 radical (unpaired) electrons. The summed E-state index contributed by atoms with van der Waals surface area (Å²) in [5.41, 5.74) is 1.15. The van der Waals surface area contributed by atoms with Crippen molar-refractivity contribution in [3.63, 3.8) is 0 Å². The van der Waals surface area contributed by atoms with E-state index in [4.69, 9.17) is 0 Å². The molecule has 0 aromatic heterocycles. The summed E-state index contributed by atoms with van der Waals surface area (Å²) in [6.07, 6.45) is 2.29. The number of halogens is 1. The molecule has 2 rings (SSSR count). The molecule has 0 amide bonds. The van der Waals surface area contributed by atoms with Crippen LogP contribution in [0.15, 0.2) is 24.3 Å². The second kappa shape index (κ2) is 4.96. The first-order valence-corrected chi connectivity index (χ1v) is 6.15. The van der Waals surface area contributed by atoms with E-state index in [9.17, 15) is 4.39 Å². The number of hydrogen-bond donors (Lipinski definition) is 1. The Labute approximate surface area is 97.1 Å². The van der Waals surface area contributed by atoms with Crippen LogP contribution < -0.4 is 5.32 Å². The summed E-state index contributed by atoms with van der Waals surface area (Å²) >= 11 is 0. The van der Waals surface area contributed by atoms with Crippen molar-refractivity contribution in [1.82, 2.24) is 5.32 Å². The second-order valence-corrected chi connectivity index (χ2v) is 5.14. The maximum absolute atomic E-state index is 13.2. The Morgan fingerprint density at radius 1 is 1.44 bits per heavy atom. The summed E-state index contributed by atoms with van der Waals surface area (Å²) < 4.78 is 13.2. The van der Waals surface area contributed by atoms with Gasteiger partial charge in [0.15, 0.2) is 0 Å². The van der Waals surface area contributed by atoms with Gasteiger partial charge >= 0.3 is 0 Å². The molecular weight excluding hydrogens is 201 g/mol. The van der Waals surface area contributed by atoms with Gasteiger partial charge in [-0.2, -0.15) is 0 Å². The summed E-state index contributed by atoms with van der Waals surface area (Å²) in [7, 11) is 0. The molecule has 1 nitrogen and oxygen atoms in total. The van der Waals surface area contributed by atoms with Crippen molar-refractivity contribution in [2.45, 2.75) is 38.6 Å². The molecule has 16 heavy (non-hydrogen) atoms. The third-order valence-corrected chi connectivity index (χ3v) is 3.35. The molecule has 0 bridgehead atoms. The van der Waals surface area contributed by atoms with Crippen LogP contribution in [-0.2, 0) is 0 Å². The Kier molecular flexibility index (Phi) is 3.59. The van der Waals surface area contributed by atoms with Crippen LogP contribution >= 0.6 is 0 Å². The molecule has 88 valence electrons. The maximum Gasteiger partial charge on any atom is 0.123 e. The van der Waals surface area contributed by atoms with E-state index in [1.807, 2.05) is 12.1 Å². The quantitative estimate of drug-likeness (QED) is 0.825. The van der Waals surface area contributed by atoms with Gasteiger partial charge < -0.3 is 5.32 Å². The van der Waals surface area contributed by atoms with E-state index in [0.29, 0.717) is 17.9 Å². The molecule has 0 saturated carbocycles. The van der Waals surface area contributed by atoms with Gasteiger partial charge in [0.05, 0.1) is 0 Å². The zero-order valence-corrected chi connectivity index (χ0v) is 10.0. The van der Waals surface area contributed by atoms with Gasteiger partial charge in [-0.3, -0.25) is 0 Å². The third kappa shape index (κ3) is 2.62. The molecule has 1 saturated heterocycles. The minimum atomic E-state index is -0.118. The Bertz CT molecular complexity index is 348. The largest absolute Gasteiger partial charge is 0.313 e. The molecule has 1 N–H and O–H groups in total. The average Bonchev–Trinajstić information content (AvgIpc) is 2.65. The predicted octanol–water partition coefficient (Wildman–Crippen LogP) is 3.32. The van der Waals surface area contributed by atoms with Crippen molar-refractivity contribution in [2.75, 3.05) is 6.54 Å². The van der Waals surface area contributed by atoms with E-state index < -0.39 is 0 Å². The Hall–Kier alpha value is -0.890. The van der Waals surface area contributed by atoms with Crippen molar-refractivity contribution in [3.05, 3.63) is 35.6 Å². The van der Waals surface area contributed by atoms with E-state index in [2.05, 4.69) is 19.2 Å². The number of hydrogen-bond acceptors (Lipinski definition) is 1. The van der Waals surface area contributed by atoms with Crippen molar-refractivity contribution in [1.29, 1.82) is 0 Å². The summed E-state index contributed by atoms with van der Waals surface area (Å²) in [5, 5.41) is 3.53. The van der Waals surface area contributed by atoms with Crippen LogP contribution in [0.25, 0.3) is 0 Å². The van der Waals surface area contributed by atoms with E-state index >= 15 is 0 Å². The Morgan fingerprint density at radius 3 is 2.94 bits per heavy atom. The highest BCUT2D eigenvalue weighted by molar-refractivity contribution is 5.23. The fraction of sp³-hybridized carbons (Fsp3) is 0.571. The van der Waals surface area contributed by atoms with Crippen LogP contribution in [-0.4, -0.2) is 12.6 Å². The monoisotopic (exact) mass is 221 g/mol. The first-order chi connectivity index (χ1) is 7.66. The Balaban J connectivity index is 2.13. The standard InChI is InChI=1S/C14H20FN/c1-10(2)8-14-13(6-7-16-14)11-4-3-5-12(15)9-11/h3-5,9-10,13-14,16H,6-8H2,1-2H3. The molecule has 1 aromatic rings. The van der Waals surface area contributed by atoms with Crippen molar-refractivity contribution >= 4 is 0 Å². The van der Waals surface area contributed by atoms with Crippen LogP contribution in [0, 0.1) is 11.7 Å². The molecule has 1 fully saturated rings. The van der Waals surface area contributed by atoms with E-state index in [1.165, 1.54) is 12.5 Å². The van der Waals surface area contributed by atoms with Gasteiger partial charge in [0, 0.05) is 12.0 Å². The van der Waals surface area contributed by atoms with Gasteiger partial charge in [0.1, 0.15) is 5.82 Å². The van der Waals surface area contributed by atoms with E-state index in [-0.39, 0.29) is 5.82 Å². The van der Waals surface area contributed by atoms with Crippen molar-refractivity contribution < 1.29 is 4.39 Å². The topological polar surface area (TPSA) is 12.0 Å². The summed E-state index contributed by atoms with van der Waals surface area (Å²) in [6.45, 7) is 5.53. The molecular formula is C14H20FN. The zero-order valence-electron chi connectivity index (χ0n) is 10.0. The lowest BCUT2D eigenvalue weighted by Crippen LogP contribution is -2.27. The fourth-order valence-corrected chi connectivity index (χ4v) is 2.66. The van der Waals surface area contributed by atoms with Gasteiger partial charge in [0.2, 0.25) is 0 Å². The maximum atomic E-state index is 13.2. The van der Waals surface area contributed by atoms with Crippen LogP contribution in [0.2, 0.25) is 0 Å². The normalized spacial score (nSPS) is 25.2. The van der Waals surface area contributed by atoms with E-state index in [0.717, 1.165) is 18.5 Å². The highest BCUT2D eigenvalue weighted by Crippen LogP contribution is 2.31. The lowest BCUT2D eigenvalue weighted by atomic mass is 9.87. The van der Waals surface area contributed by atoms with Gasteiger partial charge in [-0.05, 0) is 43.0 Å². The second-order valence-electron chi connectivity index (χ2n) is 5.14. The van der Waals surface area contributed by atoms with Gasteiger partial charge in [-0.25, -0.2) is 4.39 Å². The molecule has 2 heteroatoms. The van der Waals surface area contributed by atoms with Crippen LogP contribution in [0.4, 0.5) is 4.39 Å². The van der Waals surface area contributed by atoms with Crippen LogP contribution in [0.5, 0.6) is 0 Å². The Morgan fingerprint density at radius 2 is 2.25 bits per heavy atom. The summed E-state index contributed by atoms with van der Waals surface area (Å²) in [4.78, 5) is 0. The minimum absolute atomic E-state index is 0.118. The molecule has 0 spiro atoms. The lowest BCUT2D eigenvalue weighted by Gasteiger charge is -2.21. The molecule has 1 aromatic carbocycles. The van der Waals surface area contributed by atoms with E-state index in [1.54, 1.807) is 6.07 Å². The zero-order chi connectivity index (χ0) is 11.5. The van der Waals surface area contributed by atoms with Gasteiger partial charge in [-0.1, -0.05) is 26.0 Å². The molecule has 2 atom stereocenters. The van der Waals surface area contributed by atoms with Gasteiger partial charge in [0.25, 0.3) is 0 Å². The number of nitrogens with one attached hydrogen (secondary N) is 1. The highest BCUT2D eigenvalue weighted by Gasteiger charge is 2.28.